The van der Waals surface area contributed by atoms with E-state index < -0.39 is 14.3 Å². The fraction of sp³-hybridized carbons (Fsp3) is 0. The van der Waals surface area contributed by atoms with E-state index in [2.05, 4.69) is 0 Å². The summed E-state index contributed by atoms with van der Waals surface area (Å²) in [6.07, 6.45) is 0. The molecule has 0 bridgehead atoms. The van der Waals surface area contributed by atoms with E-state index >= 15 is 0 Å². The van der Waals surface area contributed by atoms with Crippen LogP contribution < -0.4 is 0 Å². The van der Waals surface area contributed by atoms with Crippen LogP contribution in [-0.4, -0.2) is 13.7 Å². The molecule has 0 radical (unpaired) electrons. The Morgan fingerprint density at radius 1 is 1.42 bits per heavy atom. The van der Waals surface area contributed by atoms with Gasteiger partial charge in [0.25, 0.3) is 14.3 Å². The van der Waals surface area contributed by atoms with Crippen LogP contribution >= 0.6 is 33.6 Å². The molecule has 1 heterocycles. The number of hydrogen-bond acceptors (Lipinski definition) is 4. The van der Waals surface area contributed by atoms with Crippen molar-refractivity contribution >= 4 is 47.9 Å². The summed E-state index contributed by atoms with van der Waals surface area (Å²) in [5.74, 6) is 0. The second-order valence-electron chi connectivity index (χ2n) is 1.83. The van der Waals surface area contributed by atoms with E-state index in [9.17, 15) is 13.2 Å². The van der Waals surface area contributed by atoms with Crippen molar-refractivity contribution in [1.29, 1.82) is 0 Å². The molecule has 0 saturated heterocycles. The molecular weight excluding hydrogens is 243 g/mol. The molecule has 1 aromatic heterocycles. The van der Waals surface area contributed by atoms with E-state index in [4.69, 9.17) is 22.3 Å². The van der Waals surface area contributed by atoms with Crippen molar-refractivity contribution in [2.75, 3.05) is 0 Å². The highest BCUT2D eigenvalue weighted by Gasteiger charge is 2.15. The van der Waals surface area contributed by atoms with Gasteiger partial charge in [0, 0.05) is 10.7 Å². The molecule has 0 aliphatic rings. The number of hydrogen-bond donors (Lipinski definition) is 0. The second-order valence-corrected chi connectivity index (χ2v) is 6.05. The van der Waals surface area contributed by atoms with Crippen LogP contribution in [0.15, 0.2) is 16.3 Å². The smallest absolute Gasteiger partial charge is 0.270 e. The Hall–Kier alpha value is -0.100. The van der Waals surface area contributed by atoms with Crippen LogP contribution in [0.5, 0.6) is 0 Å². The summed E-state index contributed by atoms with van der Waals surface area (Å²) in [7, 11) is 1.27. The Kier molecular flexibility index (Phi) is 2.77. The fourth-order valence-electron chi connectivity index (χ4n) is 0.557. The van der Waals surface area contributed by atoms with Gasteiger partial charge in [-0.1, -0.05) is 0 Å². The average Bonchev–Trinajstić information content (AvgIpc) is 2.30. The minimum atomic E-state index is -3.74. The Morgan fingerprint density at radius 3 is 2.25 bits per heavy atom. The lowest BCUT2D eigenvalue weighted by molar-refractivity contribution is 0.108. The third-order valence-electron chi connectivity index (χ3n) is 1.02. The monoisotopic (exact) mass is 244 g/mol. The van der Waals surface area contributed by atoms with Gasteiger partial charge in [0.1, 0.15) is 4.21 Å². The average molecular weight is 245 g/mol. The SMILES string of the molecule is O=C(Cl)c1ccc(S(=O)(=O)Cl)s1. The molecular formula is C5H2Cl2O3S2. The summed E-state index contributed by atoms with van der Waals surface area (Å²) in [6.45, 7) is 0. The quantitative estimate of drug-likeness (QED) is 0.749. The van der Waals surface area contributed by atoms with Crippen LogP contribution in [0.1, 0.15) is 9.67 Å². The highest BCUT2D eigenvalue weighted by molar-refractivity contribution is 8.15. The zero-order valence-corrected chi connectivity index (χ0v) is 8.60. The lowest BCUT2D eigenvalue weighted by atomic mass is 10.5. The number of carbonyl (C=O) groups is 1. The first-order valence-electron chi connectivity index (χ1n) is 2.65. The molecule has 0 unspecified atom stereocenters. The van der Waals surface area contributed by atoms with Crippen molar-refractivity contribution in [3.05, 3.63) is 17.0 Å². The van der Waals surface area contributed by atoms with Gasteiger partial charge in [0.05, 0.1) is 4.88 Å². The van der Waals surface area contributed by atoms with Gasteiger partial charge in [-0.25, -0.2) is 8.42 Å². The molecule has 1 rings (SSSR count). The maximum absolute atomic E-state index is 10.7. The van der Waals surface area contributed by atoms with Gasteiger partial charge >= 0.3 is 0 Å². The Bertz CT molecular complexity index is 406. The van der Waals surface area contributed by atoms with E-state index in [1.54, 1.807) is 0 Å². The molecule has 7 heteroatoms. The van der Waals surface area contributed by atoms with Gasteiger partial charge < -0.3 is 0 Å². The highest BCUT2D eigenvalue weighted by Crippen LogP contribution is 2.25. The largest absolute Gasteiger partial charge is 0.275 e. The molecule has 0 aliphatic carbocycles. The molecule has 0 N–H and O–H groups in total. The van der Waals surface area contributed by atoms with E-state index in [1.807, 2.05) is 0 Å². The summed E-state index contributed by atoms with van der Waals surface area (Å²) < 4.78 is 21.3. The molecule has 0 fully saturated rings. The van der Waals surface area contributed by atoms with Crippen molar-refractivity contribution in [2.24, 2.45) is 0 Å². The number of carbonyl (C=O) groups excluding carboxylic acids is 1. The molecule has 12 heavy (non-hydrogen) atoms. The van der Waals surface area contributed by atoms with E-state index in [1.165, 1.54) is 12.1 Å². The van der Waals surface area contributed by atoms with E-state index in [0.29, 0.717) is 0 Å². The topological polar surface area (TPSA) is 51.2 Å². The predicted octanol–water partition coefficient (Wildman–Crippen LogP) is 2.05. The fourth-order valence-corrected chi connectivity index (χ4v) is 2.64. The standard InChI is InChI=1S/C5H2Cl2O3S2/c6-5(8)3-1-2-4(11-3)12(7,9)10/h1-2H. The molecule has 0 atom stereocenters. The van der Waals surface area contributed by atoms with Crippen molar-refractivity contribution in [1.82, 2.24) is 0 Å². The Labute approximate surface area is 82.3 Å². The number of halogens is 2. The summed E-state index contributed by atoms with van der Waals surface area (Å²) in [4.78, 5) is 10.7. The molecule has 66 valence electrons. The van der Waals surface area contributed by atoms with Gasteiger partial charge in [0.15, 0.2) is 0 Å². The normalized spacial score (nSPS) is 11.5. The van der Waals surface area contributed by atoms with Crippen molar-refractivity contribution in [2.45, 2.75) is 4.21 Å². The van der Waals surface area contributed by atoms with Crippen molar-refractivity contribution in [3.8, 4) is 0 Å². The first-order valence-corrected chi connectivity index (χ1v) is 6.16. The summed E-state index contributed by atoms with van der Waals surface area (Å²) >= 11 is 5.85. The van der Waals surface area contributed by atoms with Crippen LogP contribution in [0.4, 0.5) is 0 Å². The zero-order chi connectivity index (χ0) is 9.35. The van der Waals surface area contributed by atoms with Crippen LogP contribution in [0.2, 0.25) is 0 Å². The van der Waals surface area contributed by atoms with Crippen LogP contribution in [0.25, 0.3) is 0 Å². The first-order chi connectivity index (χ1) is 5.41. The molecule has 1 aromatic rings. The minimum absolute atomic E-state index is 0.0758. The highest BCUT2D eigenvalue weighted by atomic mass is 35.7. The maximum Gasteiger partial charge on any atom is 0.270 e. The van der Waals surface area contributed by atoms with Crippen molar-refractivity contribution < 1.29 is 13.2 Å². The van der Waals surface area contributed by atoms with Gasteiger partial charge in [-0.05, 0) is 23.7 Å². The lowest BCUT2D eigenvalue weighted by Gasteiger charge is -1.85. The van der Waals surface area contributed by atoms with E-state index in [-0.39, 0.29) is 9.09 Å². The van der Waals surface area contributed by atoms with Gasteiger partial charge in [-0.3, -0.25) is 4.79 Å². The van der Waals surface area contributed by atoms with Crippen LogP contribution in [0, 0.1) is 0 Å². The third kappa shape index (κ3) is 2.20. The number of rotatable bonds is 2. The first kappa shape index (κ1) is 9.98. The van der Waals surface area contributed by atoms with Gasteiger partial charge in [-0.15, -0.1) is 11.3 Å². The van der Waals surface area contributed by atoms with Crippen molar-refractivity contribution in [3.63, 3.8) is 0 Å². The molecule has 3 nitrogen and oxygen atoms in total. The molecule has 0 amide bonds. The minimum Gasteiger partial charge on any atom is -0.275 e. The van der Waals surface area contributed by atoms with E-state index in [0.717, 1.165) is 11.3 Å². The molecule has 0 spiro atoms. The molecule has 0 saturated carbocycles. The van der Waals surface area contributed by atoms with Crippen LogP contribution in [-0.2, 0) is 9.05 Å². The van der Waals surface area contributed by atoms with Gasteiger partial charge in [0.2, 0.25) is 0 Å². The number of thiophene rings is 1. The Morgan fingerprint density at radius 2 is 2.00 bits per heavy atom. The zero-order valence-electron chi connectivity index (χ0n) is 5.45. The summed E-state index contributed by atoms with van der Waals surface area (Å²) in [6, 6.07) is 2.55. The summed E-state index contributed by atoms with van der Waals surface area (Å²) in [5.41, 5.74) is 0. The lowest BCUT2D eigenvalue weighted by Crippen LogP contribution is -1.83. The molecule has 0 aromatic carbocycles. The van der Waals surface area contributed by atoms with Crippen LogP contribution in [0.3, 0.4) is 0 Å². The summed E-state index contributed by atoms with van der Waals surface area (Å²) in [5, 5.41) is -0.688. The third-order valence-corrected chi connectivity index (χ3v) is 4.51. The predicted molar refractivity (Wildman–Crippen MR) is 47.5 cm³/mol. The van der Waals surface area contributed by atoms with Gasteiger partial charge in [-0.2, -0.15) is 0 Å². The second kappa shape index (κ2) is 3.33. The molecule has 0 aliphatic heterocycles. The Balaban J connectivity index is 3.17. The maximum atomic E-state index is 10.7.